The number of rotatable bonds is 7. The molecule has 0 aliphatic rings. The number of nitrogens with one attached hydrogen (secondary N) is 2. The molecule has 0 aromatic heterocycles. The Balaban J connectivity index is 1.61. The van der Waals surface area contributed by atoms with E-state index >= 15 is 0 Å². The van der Waals surface area contributed by atoms with Crippen LogP contribution in [0.3, 0.4) is 0 Å². The number of methoxy groups -OCH3 is 1. The number of amides is 2. The first-order valence-electron chi connectivity index (χ1n) is 9.55. The molecule has 30 heavy (non-hydrogen) atoms. The molecule has 6 heteroatoms. The molecule has 0 spiro atoms. The Labute approximate surface area is 180 Å². The second kappa shape index (κ2) is 9.98. The van der Waals surface area contributed by atoms with Crippen molar-refractivity contribution in [2.75, 3.05) is 17.7 Å². The second-order valence-corrected chi connectivity index (χ2v) is 8.19. The SMILES string of the molecule is COc1ccc(NC(=O)C(C)Sc2cccc(NC(=O)c3ccccc3C)c2)cc1. The summed E-state index contributed by atoms with van der Waals surface area (Å²) in [5.41, 5.74) is 2.97. The summed E-state index contributed by atoms with van der Waals surface area (Å²) in [5.74, 6) is 0.486. The maximum absolute atomic E-state index is 12.5. The van der Waals surface area contributed by atoms with Gasteiger partial charge in [0.1, 0.15) is 5.75 Å². The van der Waals surface area contributed by atoms with Crippen LogP contribution in [0.2, 0.25) is 0 Å². The molecule has 2 N–H and O–H groups in total. The number of hydrogen-bond acceptors (Lipinski definition) is 4. The summed E-state index contributed by atoms with van der Waals surface area (Å²) >= 11 is 1.43. The van der Waals surface area contributed by atoms with Gasteiger partial charge in [-0.2, -0.15) is 0 Å². The lowest BCUT2D eigenvalue weighted by molar-refractivity contribution is -0.115. The van der Waals surface area contributed by atoms with E-state index in [-0.39, 0.29) is 17.1 Å². The predicted molar refractivity (Wildman–Crippen MR) is 123 cm³/mol. The summed E-state index contributed by atoms with van der Waals surface area (Å²) in [4.78, 5) is 26.0. The van der Waals surface area contributed by atoms with Gasteiger partial charge in [0.15, 0.2) is 0 Å². The van der Waals surface area contributed by atoms with Crippen molar-refractivity contribution < 1.29 is 14.3 Å². The van der Waals surface area contributed by atoms with Crippen LogP contribution in [0, 0.1) is 6.92 Å². The number of anilines is 2. The molecule has 154 valence electrons. The minimum Gasteiger partial charge on any atom is -0.497 e. The molecule has 0 aliphatic carbocycles. The van der Waals surface area contributed by atoms with Crippen LogP contribution < -0.4 is 15.4 Å². The van der Waals surface area contributed by atoms with Crippen LogP contribution in [0.5, 0.6) is 5.75 Å². The van der Waals surface area contributed by atoms with Crippen molar-refractivity contribution in [3.8, 4) is 5.75 Å². The fourth-order valence-corrected chi connectivity index (χ4v) is 3.78. The fourth-order valence-electron chi connectivity index (χ4n) is 2.85. The standard InChI is InChI=1S/C24H24N2O3S/c1-16-7-4-5-10-22(16)24(28)26-19-8-6-9-21(15-19)30-17(2)23(27)25-18-11-13-20(29-3)14-12-18/h4-15,17H,1-3H3,(H,25,27)(H,26,28). The fraction of sp³-hybridized carbons (Fsp3) is 0.167. The molecule has 0 aliphatic heterocycles. The highest BCUT2D eigenvalue weighted by molar-refractivity contribution is 8.00. The summed E-state index contributed by atoms with van der Waals surface area (Å²) in [6.07, 6.45) is 0. The molecule has 2 amide bonds. The molecule has 0 fully saturated rings. The second-order valence-electron chi connectivity index (χ2n) is 6.77. The van der Waals surface area contributed by atoms with Gasteiger partial charge in [-0.3, -0.25) is 9.59 Å². The first kappa shape index (κ1) is 21.5. The topological polar surface area (TPSA) is 67.4 Å². The summed E-state index contributed by atoms with van der Waals surface area (Å²) in [6.45, 7) is 3.76. The van der Waals surface area contributed by atoms with Gasteiger partial charge in [-0.25, -0.2) is 0 Å². The predicted octanol–water partition coefficient (Wildman–Crippen LogP) is 5.38. The lowest BCUT2D eigenvalue weighted by atomic mass is 10.1. The summed E-state index contributed by atoms with van der Waals surface area (Å²) < 4.78 is 5.13. The zero-order valence-corrected chi connectivity index (χ0v) is 18.0. The Morgan fingerprint density at radius 2 is 1.63 bits per heavy atom. The van der Waals surface area contributed by atoms with Gasteiger partial charge in [-0.05, 0) is 67.9 Å². The number of hydrogen-bond donors (Lipinski definition) is 2. The lowest BCUT2D eigenvalue weighted by Crippen LogP contribution is -2.22. The number of carbonyl (C=O) groups is 2. The molecular formula is C24H24N2O3S. The van der Waals surface area contributed by atoms with Crippen molar-refractivity contribution >= 4 is 35.0 Å². The third-order valence-corrected chi connectivity index (χ3v) is 5.61. The molecule has 0 saturated carbocycles. The van der Waals surface area contributed by atoms with Crippen LogP contribution in [0.25, 0.3) is 0 Å². The van der Waals surface area contributed by atoms with Crippen molar-refractivity contribution in [3.63, 3.8) is 0 Å². The van der Waals surface area contributed by atoms with Gasteiger partial charge in [0.25, 0.3) is 5.91 Å². The average Bonchev–Trinajstić information content (AvgIpc) is 2.74. The van der Waals surface area contributed by atoms with Gasteiger partial charge in [-0.1, -0.05) is 24.3 Å². The summed E-state index contributed by atoms with van der Waals surface area (Å²) in [7, 11) is 1.60. The molecular weight excluding hydrogens is 396 g/mol. The zero-order chi connectivity index (χ0) is 21.5. The third kappa shape index (κ3) is 5.64. The van der Waals surface area contributed by atoms with Gasteiger partial charge in [0, 0.05) is 21.8 Å². The van der Waals surface area contributed by atoms with E-state index in [9.17, 15) is 9.59 Å². The molecule has 3 aromatic rings. The van der Waals surface area contributed by atoms with E-state index in [1.54, 1.807) is 37.4 Å². The maximum atomic E-state index is 12.5. The highest BCUT2D eigenvalue weighted by atomic mass is 32.2. The van der Waals surface area contributed by atoms with Crippen LogP contribution in [-0.2, 0) is 4.79 Å². The molecule has 0 heterocycles. The van der Waals surface area contributed by atoms with E-state index in [1.165, 1.54) is 11.8 Å². The molecule has 5 nitrogen and oxygen atoms in total. The first-order valence-corrected chi connectivity index (χ1v) is 10.4. The maximum Gasteiger partial charge on any atom is 0.255 e. The third-order valence-electron chi connectivity index (χ3n) is 4.52. The Kier molecular flexibility index (Phi) is 7.14. The smallest absolute Gasteiger partial charge is 0.255 e. The van der Waals surface area contributed by atoms with Gasteiger partial charge in [0.05, 0.1) is 12.4 Å². The van der Waals surface area contributed by atoms with Crippen LogP contribution in [0.4, 0.5) is 11.4 Å². The van der Waals surface area contributed by atoms with Gasteiger partial charge in [-0.15, -0.1) is 11.8 Å². The van der Waals surface area contributed by atoms with E-state index in [0.717, 1.165) is 16.2 Å². The van der Waals surface area contributed by atoms with Gasteiger partial charge >= 0.3 is 0 Å². The largest absolute Gasteiger partial charge is 0.497 e. The molecule has 0 radical (unpaired) electrons. The lowest BCUT2D eigenvalue weighted by Gasteiger charge is -2.13. The van der Waals surface area contributed by atoms with Crippen molar-refractivity contribution in [2.45, 2.75) is 24.0 Å². The minimum atomic E-state index is -0.311. The Morgan fingerprint density at radius 1 is 0.900 bits per heavy atom. The van der Waals surface area contributed by atoms with Crippen LogP contribution in [0.15, 0.2) is 77.7 Å². The number of thioether (sulfide) groups is 1. The molecule has 3 rings (SSSR count). The number of ether oxygens (including phenoxy) is 1. The first-order chi connectivity index (χ1) is 14.5. The van der Waals surface area contributed by atoms with Gasteiger partial charge < -0.3 is 15.4 Å². The molecule has 1 atom stereocenters. The molecule has 3 aromatic carbocycles. The van der Waals surface area contributed by atoms with Crippen LogP contribution >= 0.6 is 11.8 Å². The highest BCUT2D eigenvalue weighted by Gasteiger charge is 2.15. The van der Waals surface area contributed by atoms with E-state index in [2.05, 4.69) is 10.6 Å². The van der Waals surface area contributed by atoms with Gasteiger partial charge in [0.2, 0.25) is 5.91 Å². The monoisotopic (exact) mass is 420 g/mol. The molecule has 0 saturated heterocycles. The number of benzene rings is 3. The number of aryl methyl sites for hydroxylation is 1. The molecule has 0 bridgehead atoms. The average molecular weight is 421 g/mol. The Bertz CT molecular complexity index is 1030. The normalized spacial score (nSPS) is 11.4. The van der Waals surface area contributed by atoms with E-state index in [1.807, 2.05) is 56.3 Å². The Hall–Kier alpha value is -3.25. The quantitative estimate of drug-likeness (QED) is 0.504. The van der Waals surface area contributed by atoms with Crippen molar-refractivity contribution in [2.24, 2.45) is 0 Å². The zero-order valence-electron chi connectivity index (χ0n) is 17.1. The van der Waals surface area contributed by atoms with Crippen molar-refractivity contribution in [1.82, 2.24) is 0 Å². The van der Waals surface area contributed by atoms with Crippen molar-refractivity contribution in [1.29, 1.82) is 0 Å². The summed E-state index contributed by atoms with van der Waals surface area (Å²) in [5, 5.41) is 5.52. The van der Waals surface area contributed by atoms with Crippen molar-refractivity contribution in [3.05, 3.63) is 83.9 Å². The minimum absolute atomic E-state index is 0.0977. The number of carbonyl (C=O) groups excluding carboxylic acids is 2. The van der Waals surface area contributed by atoms with E-state index in [4.69, 9.17) is 4.74 Å². The Morgan fingerprint density at radius 3 is 2.33 bits per heavy atom. The summed E-state index contributed by atoms with van der Waals surface area (Å²) in [6, 6.07) is 22.2. The van der Waals surface area contributed by atoms with Crippen LogP contribution in [-0.4, -0.2) is 24.2 Å². The van der Waals surface area contributed by atoms with E-state index < -0.39 is 0 Å². The highest BCUT2D eigenvalue weighted by Crippen LogP contribution is 2.27. The van der Waals surface area contributed by atoms with Crippen LogP contribution in [0.1, 0.15) is 22.8 Å². The van der Waals surface area contributed by atoms with E-state index in [0.29, 0.717) is 16.9 Å². The molecule has 1 unspecified atom stereocenters.